The van der Waals surface area contributed by atoms with Crippen LogP contribution in [-0.2, 0) is 9.59 Å². The van der Waals surface area contributed by atoms with Crippen molar-refractivity contribution >= 4 is 11.9 Å². The van der Waals surface area contributed by atoms with Crippen molar-refractivity contribution in [3.63, 3.8) is 0 Å². The first-order valence-corrected chi connectivity index (χ1v) is 8.19. The standard InChI is InChI=1S/C20H23NO3/c1-3-14-21(15(2)20(23)24)19(22)18(16-10-6-4-7-11-16)17-12-8-5-9-13-17/h4-13,15,18H,3,14H2,1-2H3,(H,23,24). The van der Waals surface area contributed by atoms with E-state index in [1.807, 2.05) is 67.6 Å². The van der Waals surface area contributed by atoms with E-state index in [0.29, 0.717) is 13.0 Å². The molecule has 0 saturated carbocycles. The van der Waals surface area contributed by atoms with Crippen molar-refractivity contribution in [2.75, 3.05) is 6.54 Å². The van der Waals surface area contributed by atoms with Gasteiger partial charge in [0.05, 0.1) is 5.92 Å². The lowest BCUT2D eigenvalue weighted by molar-refractivity contribution is -0.149. The molecule has 1 N–H and O–H groups in total. The molecule has 24 heavy (non-hydrogen) atoms. The van der Waals surface area contributed by atoms with Crippen molar-refractivity contribution < 1.29 is 14.7 Å². The van der Waals surface area contributed by atoms with Crippen molar-refractivity contribution in [1.29, 1.82) is 0 Å². The van der Waals surface area contributed by atoms with Crippen molar-refractivity contribution in [3.05, 3.63) is 71.8 Å². The number of rotatable bonds is 7. The molecule has 0 spiro atoms. The molecule has 0 aliphatic carbocycles. The number of benzene rings is 2. The van der Waals surface area contributed by atoms with E-state index in [1.165, 1.54) is 4.90 Å². The summed E-state index contributed by atoms with van der Waals surface area (Å²) in [5.74, 6) is -1.67. The average molecular weight is 325 g/mol. The molecule has 1 amide bonds. The topological polar surface area (TPSA) is 57.6 Å². The summed E-state index contributed by atoms with van der Waals surface area (Å²) >= 11 is 0. The normalized spacial score (nSPS) is 12.0. The maximum atomic E-state index is 13.2. The quantitative estimate of drug-likeness (QED) is 0.847. The highest BCUT2D eigenvalue weighted by Gasteiger charge is 2.32. The van der Waals surface area contributed by atoms with Crippen LogP contribution in [0.3, 0.4) is 0 Å². The molecule has 126 valence electrons. The van der Waals surface area contributed by atoms with Crippen LogP contribution in [0.5, 0.6) is 0 Å². The third-order valence-electron chi connectivity index (χ3n) is 4.09. The Morgan fingerprint density at radius 1 is 0.958 bits per heavy atom. The van der Waals surface area contributed by atoms with Gasteiger partial charge in [-0.05, 0) is 24.5 Å². The lowest BCUT2D eigenvalue weighted by Crippen LogP contribution is -2.46. The average Bonchev–Trinajstić information content (AvgIpc) is 2.61. The first-order chi connectivity index (χ1) is 11.6. The van der Waals surface area contributed by atoms with Gasteiger partial charge in [-0.2, -0.15) is 0 Å². The molecular weight excluding hydrogens is 302 g/mol. The van der Waals surface area contributed by atoms with Gasteiger partial charge in [-0.3, -0.25) is 4.79 Å². The highest BCUT2D eigenvalue weighted by molar-refractivity contribution is 5.90. The number of carboxylic acids is 1. The summed E-state index contributed by atoms with van der Waals surface area (Å²) in [6.07, 6.45) is 0.708. The monoisotopic (exact) mass is 325 g/mol. The zero-order valence-electron chi connectivity index (χ0n) is 14.1. The minimum absolute atomic E-state index is 0.177. The van der Waals surface area contributed by atoms with Crippen molar-refractivity contribution in [1.82, 2.24) is 4.90 Å². The Morgan fingerprint density at radius 2 is 1.42 bits per heavy atom. The highest BCUT2D eigenvalue weighted by atomic mass is 16.4. The second-order valence-corrected chi connectivity index (χ2v) is 5.80. The largest absolute Gasteiger partial charge is 0.480 e. The van der Waals surface area contributed by atoms with Crippen molar-refractivity contribution in [3.8, 4) is 0 Å². The van der Waals surface area contributed by atoms with Crippen LogP contribution in [0.1, 0.15) is 37.3 Å². The van der Waals surface area contributed by atoms with E-state index in [-0.39, 0.29) is 5.91 Å². The Kier molecular flexibility index (Phi) is 6.13. The number of carboxylic acid groups (broad SMARTS) is 1. The Bertz CT molecular complexity index is 630. The van der Waals surface area contributed by atoms with Gasteiger partial charge in [0, 0.05) is 6.54 Å². The van der Waals surface area contributed by atoms with Crippen LogP contribution in [0.15, 0.2) is 60.7 Å². The van der Waals surface area contributed by atoms with E-state index in [2.05, 4.69) is 0 Å². The summed E-state index contributed by atoms with van der Waals surface area (Å²) in [7, 11) is 0. The van der Waals surface area contributed by atoms with Crippen LogP contribution in [-0.4, -0.2) is 34.5 Å². The summed E-state index contributed by atoms with van der Waals surface area (Å²) in [6.45, 7) is 3.92. The minimum atomic E-state index is -0.989. The lowest BCUT2D eigenvalue weighted by Gasteiger charge is -2.30. The van der Waals surface area contributed by atoms with E-state index in [1.54, 1.807) is 6.92 Å². The number of hydrogen-bond donors (Lipinski definition) is 1. The fourth-order valence-corrected chi connectivity index (χ4v) is 2.80. The fraction of sp³-hybridized carbons (Fsp3) is 0.300. The minimum Gasteiger partial charge on any atom is -0.480 e. The molecule has 0 bridgehead atoms. The Morgan fingerprint density at radius 3 is 1.79 bits per heavy atom. The predicted molar refractivity (Wildman–Crippen MR) is 93.8 cm³/mol. The van der Waals surface area contributed by atoms with Crippen LogP contribution in [0.2, 0.25) is 0 Å². The summed E-state index contributed by atoms with van der Waals surface area (Å²) in [4.78, 5) is 26.1. The van der Waals surface area contributed by atoms with Gasteiger partial charge in [0.1, 0.15) is 6.04 Å². The predicted octanol–water partition coefficient (Wildman–Crippen LogP) is 3.53. The molecule has 0 aromatic heterocycles. The zero-order chi connectivity index (χ0) is 17.5. The van der Waals surface area contributed by atoms with Crippen LogP contribution < -0.4 is 0 Å². The van der Waals surface area contributed by atoms with Gasteiger partial charge >= 0.3 is 5.97 Å². The Balaban J connectivity index is 2.46. The molecular formula is C20H23NO3. The van der Waals surface area contributed by atoms with E-state index >= 15 is 0 Å². The maximum Gasteiger partial charge on any atom is 0.326 e. The third kappa shape index (κ3) is 4.02. The summed E-state index contributed by atoms with van der Waals surface area (Å²) in [6, 6.07) is 18.2. The molecule has 0 saturated heterocycles. The van der Waals surface area contributed by atoms with Gasteiger partial charge in [-0.1, -0.05) is 67.6 Å². The van der Waals surface area contributed by atoms with Crippen molar-refractivity contribution in [2.45, 2.75) is 32.2 Å². The zero-order valence-corrected chi connectivity index (χ0v) is 14.1. The summed E-state index contributed by atoms with van der Waals surface area (Å²) in [5.41, 5.74) is 1.74. The molecule has 4 heteroatoms. The Labute approximate surface area is 142 Å². The maximum absolute atomic E-state index is 13.2. The van der Waals surface area contributed by atoms with Gasteiger partial charge in [-0.15, -0.1) is 0 Å². The van der Waals surface area contributed by atoms with Crippen LogP contribution >= 0.6 is 0 Å². The van der Waals surface area contributed by atoms with Crippen LogP contribution in [0.25, 0.3) is 0 Å². The van der Waals surface area contributed by atoms with E-state index in [4.69, 9.17) is 0 Å². The summed E-state index contributed by atoms with van der Waals surface area (Å²) in [5, 5.41) is 9.36. The highest BCUT2D eigenvalue weighted by Crippen LogP contribution is 2.27. The smallest absolute Gasteiger partial charge is 0.326 e. The molecule has 1 unspecified atom stereocenters. The number of carbonyl (C=O) groups excluding carboxylic acids is 1. The van der Waals surface area contributed by atoms with Gasteiger partial charge in [0.2, 0.25) is 5.91 Å². The molecule has 0 fully saturated rings. The molecule has 0 heterocycles. The van der Waals surface area contributed by atoms with E-state index in [9.17, 15) is 14.7 Å². The van der Waals surface area contributed by atoms with Crippen LogP contribution in [0.4, 0.5) is 0 Å². The lowest BCUT2D eigenvalue weighted by atomic mass is 9.89. The van der Waals surface area contributed by atoms with Crippen molar-refractivity contribution in [2.24, 2.45) is 0 Å². The molecule has 2 rings (SSSR count). The number of amides is 1. The molecule has 1 atom stereocenters. The first-order valence-electron chi connectivity index (χ1n) is 8.19. The molecule has 2 aromatic carbocycles. The third-order valence-corrected chi connectivity index (χ3v) is 4.09. The van der Waals surface area contributed by atoms with E-state index in [0.717, 1.165) is 11.1 Å². The molecule has 0 aliphatic heterocycles. The number of nitrogens with zero attached hydrogens (tertiary/aromatic N) is 1. The van der Waals surface area contributed by atoms with Gasteiger partial charge < -0.3 is 10.0 Å². The molecule has 0 radical (unpaired) electrons. The van der Waals surface area contributed by atoms with Gasteiger partial charge in [0.15, 0.2) is 0 Å². The molecule has 0 aliphatic rings. The second-order valence-electron chi connectivity index (χ2n) is 5.80. The Hall–Kier alpha value is -2.62. The second kappa shape index (κ2) is 8.29. The number of carbonyl (C=O) groups is 2. The summed E-state index contributed by atoms with van der Waals surface area (Å²) < 4.78 is 0. The molecule has 4 nitrogen and oxygen atoms in total. The number of hydrogen-bond acceptors (Lipinski definition) is 2. The fourth-order valence-electron chi connectivity index (χ4n) is 2.80. The molecule has 2 aromatic rings. The van der Waals surface area contributed by atoms with Gasteiger partial charge in [0.25, 0.3) is 0 Å². The van der Waals surface area contributed by atoms with Crippen LogP contribution in [0, 0.1) is 0 Å². The first kappa shape index (κ1) is 17.7. The number of aliphatic carboxylic acids is 1. The van der Waals surface area contributed by atoms with Gasteiger partial charge in [-0.25, -0.2) is 4.79 Å². The van der Waals surface area contributed by atoms with E-state index < -0.39 is 17.9 Å². The SMILES string of the molecule is CCCN(C(=O)C(c1ccccc1)c1ccccc1)C(C)C(=O)O.